The normalized spacial score (nSPS) is 19.1. The van der Waals surface area contributed by atoms with Crippen molar-refractivity contribution in [3.63, 3.8) is 0 Å². The highest BCUT2D eigenvalue weighted by Gasteiger charge is 2.26. The average Bonchev–Trinajstić information content (AvgIpc) is 2.49. The summed E-state index contributed by atoms with van der Waals surface area (Å²) in [6.07, 6.45) is 4.22. The molecule has 1 saturated heterocycles. The van der Waals surface area contributed by atoms with E-state index in [9.17, 15) is 13.2 Å². The van der Waals surface area contributed by atoms with Gasteiger partial charge in [0.15, 0.2) is 0 Å². The Morgan fingerprint density at radius 1 is 1.52 bits per heavy atom. The maximum atomic E-state index is 12.1. The minimum atomic E-state index is -3.24. The summed E-state index contributed by atoms with van der Waals surface area (Å²) < 4.78 is 29.9. The molecule has 1 aromatic rings. The molecule has 0 saturated carbocycles. The average molecular weight is 342 g/mol. The van der Waals surface area contributed by atoms with Crippen LogP contribution in [0.25, 0.3) is 0 Å². The molecule has 1 aliphatic heterocycles. The first-order valence-corrected chi connectivity index (χ1v) is 9.35. The second kappa shape index (κ2) is 7.60. The lowest BCUT2D eigenvalue weighted by Crippen LogP contribution is -2.50. The van der Waals surface area contributed by atoms with Gasteiger partial charge in [0, 0.05) is 25.3 Å². The molecular weight excluding hydrogens is 320 g/mol. The molecule has 1 unspecified atom stereocenters. The number of sulfonamides is 1. The summed E-state index contributed by atoms with van der Waals surface area (Å²) in [4.78, 5) is 16.2. The third-order valence-electron chi connectivity index (χ3n) is 3.49. The molecule has 2 amide bonds. The lowest BCUT2D eigenvalue weighted by atomic mass is 10.1. The smallest absolute Gasteiger partial charge is 0.319 e. The van der Waals surface area contributed by atoms with Crippen molar-refractivity contribution in [1.29, 1.82) is 0 Å². The van der Waals surface area contributed by atoms with Crippen molar-refractivity contribution >= 4 is 21.7 Å². The molecule has 128 valence electrons. The first-order chi connectivity index (χ1) is 10.9. The van der Waals surface area contributed by atoms with Crippen molar-refractivity contribution in [2.75, 3.05) is 31.3 Å². The highest BCUT2D eigenvalue weighted by atomic mass is 32.2. The zero-order valence-corrected chi connectivity index (χ0v) is 14.1. The summed E-state index contributed by atoms with van der Waals surface area (Å²) in [5, 5.41) is 5.49. The summed E-state index contributed by atoms with van der Waals surface area (Å²) in [5.41, 5.74) is 0.475. The van der Waals surface area contributed by atoms with E-state index in [0.717, 1.165) is 12.8 Å². The maximum absolute atomic E-state index is 12.1. The number of carbonyl (C=O) groups is 1. The van der Waals surface area contributed by atoms with Gasteiger partial charge >= 0.3 is 6.03 Å². The number of rotatable bonds is 5. The van der Waals surface area contributed by atoms with Gasteiger partial charge in [0.25, 0.3) is 0 Å². The molecule has 2 rings (SSSR count). The molecule has 0 spiro atoms. The summed E-state index contributed by atoms with van der Waals surface area (Å²) in [5.74, 6) is 0.353. The molecule has 1 atom stereocenters. The molecule has 8 nitrogen and oxygen atoms in total. The van der Waals surface area contributed by atoms with Crippen molar-refractivity contribution in [3.8, 4) is 5.88 Å². The molecule has 9 heteroatoms. The van der Waals surface area contributed by atoms with Crippen LogP contribution < -0.4 is 15.4 Å². The van der Waals surface area contributed by atoms with Crippen LogP contribution in [0.1, 0.15) is 19.8 Å². The van der Waals surface area contributed by atoms with Crippen LogP contribution in [-0.4, -0.2) is 55.7 Å². The van der Waals surface area contributed by atoms with Gasteiger partial charge in [0.1, 0.15) is 5.69 Å². The predicted octanol–water partition coefficient (Wildman–Crippen LogP) is 1.03. The molecule has 0 radical (unpaired) electrons. The van der Waals surface area contributed by atoms with Crippen molar-refractivity contribution < 1.29 is 17.9 Å². The fraction of sp³-hybridized carbons (Fsp3) is 0.571. The molecule has 0 bridgehead atoms. The van der Waals surface area contributed by atoms with Crippen LogP contribution in [0.15, 0.2) is 18.3 Å². The predicted molar refractivity (Wildman–Crippen MR) is 87.0 cm³/mol. The number of urea groups is 1. The number of piperidine rings is 1. The Bertz CT molecular complexity index is 650. The number of carbonyl (C=O) groups excluding carboxylic acids is 1. The zero-order valence-electron chi connectivity index (χ0n) is 13.3. The quantitative estimate of drug-likeness (QED) is 0.832. The van der Waals surface area contributed by atoms with Gasteiger partial charge in [0.2, 0.25) is 15.9 Å². The first-order valence-electron chi connectivity index (χ1n) is 7.50. The van der Waals surface area contributed by atoms with E-state index in [1.165, 1.54) is 10.6 Å². The third-order valence-corrected chi connectivity index (χ3v) is 4.76. The number of hydrogen-bond donors (Lipinski definition) is 2. The van der Waals surface area contributed by atoms with E-state index in [1.54, 1.807) is 18.3 Å². The number of anilines is 1. The van der Waals surface area contributed by atoms with Crippen molar-refractivity contribution in [2.24, 2.45) is 0 Å². The molecule has 2 N–H and O–H groups in total. The number of nitrogens with one attached hydrogen (secondary N) is 2. The topological polar surface area (TPSA) is 101 Å². The number of aromatic nitrogens is 1. The Hall–Kier alpha value is -1.87. The SMILES string of the molecule is CCOc1ncccc1NC(=O)NC1CCCN(S(C)(=O)=O)C1. The number of ether oxygens (including phenoxy) is 1. The fourth-order valence-corrected chi connectivity index (χ4v) is 3.35. The minimum Gasteiger partial charge on any atom is -0.476 e. The van der Waals surface area contributed by atoms with E-state index in [2.05, 4.69) is 15.6 Å². The van der Waals surface area contributed by atoms with Crippen LogP contribution in [0.3, 0.4) is 0 Å². The second-order valence-corrected chi connectivity index (χ2v) is 7.33. The van der Waals surface area contributed by atoms with E-state index in [1.807, 2.05) is 6.92 Å². The Balaban J connectivity index is 1.95. The monoisotopic (exact) mass is 342 g/mol. The lowest BCUT2D eigenvalue weighted by Gasteiger charge is -2.31. The summed E-state index contributed by atoms with van der Waals surface area (Å²) >= 11 is 0. The fourth-order valence-electron chi connectivity index (χ4n) is 2.44. The van der Waals surface area contributed by atoms with E-state index < -0.39 is 16.1 Å². The second-order valence-electron chi connectivity index (χ2n) is 5.35. The molecule has 1 aromatic heterocycles. The van der Waals surface area contributed by atoms with Crippen LogP contribution in [0.2, 0.25) is 0 Å². The van der Waals surface area contributed by atoms with Crippen LogP contribution in [0, 0.1) is 0 Å². The summed E-state index contributed by atoms with van der Waals surface area (Å²) in [6.45, 7) is 3.06. The zero-order chi connectivity index (χ0) is 16.9. The lowest BCUT2D eigenvalue weighted by molar-refractivity contribution is 0.236. The Morgan fingerprint density at radius 3 is 3.00 bits per heavy atom. The molecule has 23 heavy (non-hydrogen) atoms. The standard InChI is InChI=1S/C14H22N4O4S/c1-3-22-13-12(7-4-8-15-13)17-14(19)16-11-6-5-9-18(10-11)23(2,20)21/h4,7-8,11H,3,5-6,9-10H2,1-2H3,(H2,16,17,19). The van der Waals surface area contributed by atoms with Crippen LogP contribution in [-0.2, 0) is 10.0 Å². The molecule has 2 heterocycles. The van der Waals surface area contributed by atoms with Gasteiger partial charge in [-0.1, -0.05) is 0 Å². The number of nitrogens with zero attached hydrogens (tertiary/aromatic N) is 2. The number of pyridine rings is 1. The Labute approximate surface area is 136 Å². The van der Waals surface area contributed by atoms with E-state index in [4.69, 9.17) is 4.74 Å². The molecular formula is C14H22N4O4S. The van der Waals surface area contributed by atoms with Gasteiger partial charge in [-0.3, -0.25) is 0 Å². The van der Waals surface area contributed by atoms with Crippen LogP contribution in [0.5, 0.6) is 5.88 Å². The van der Waals surface area contributed by atoms with Gasteiger partial charge in [-0.15, -0.1) is 0 Å². The summed E-state index contributed by atoms with van der Waals surface area (Å²) in [6, 6.07) is 2.77. The molecule has 1 fully saturated rings. The van der Waals surface area contributed by atoms with Gasteiger partial charge < -0.3 is 15.4 Å². The Kier molecular flexibility index (Phi) is 5.78. The highest BCUT2D eigenvalue weighted by Crippen LogP contribution is 2.20. The first kappa shape index (κ1) is 17.5. The number of hydrogen-bond acceptors (Lipinski definition) is 5. The third kappa shape index (κ3) is 5.07. The molecule has 0 aromatic carbocycles. The molecule has 1 aliphatic rings. The Morgan fingerprint density at radius 2 is 2.30 bits per heavy atom. The van der Waals surface area contributed by atoms with Crippen LogP contribution >= 0.6 is 0 Å². The largest absolute Gasteiger partial charge is 0.476 e. The highest BCUT2D eigenvalue weighted by molar-refractivity contribution is 7.88. The van der Waals surface area contributed by atoms with Crippen molar-refractivity contribution in [1.82, 2.24) is 14.6 Å². The number of amides is 2. The van der Waals surface area contributed by atoms with Gasteiger partial charge in [0.05, 0.1) is 12.9 Å². The summed E-state index contributed by atoms with van der Waals surface area (Å²) in [7, 11) is -3.24. The molecule has 0 aliphatic carbocycles. The van der Waals surface area contributed by atoms with Gasteiger partial charge in [-0.25, -0.2) is 22.5 Å². The maximum Gasteiger partial charge on any atom is 0.319 e. The van der Waals surface area contributed by atoms with E-state index in [0.29, 0.717) is 24.7 Å². The van der Waals surface area contributed by atoms with E-state index in [-0.39, 0.29) is 12.6 Å². The van der Waals surface area contributed by atoms with Crippen molar-refractivity contribution in [3.05, 3.63) is 18.3 Å². The van der Waals surface area contributed by atoms with Crippen molar-refractivity contribution in [2.45, 2.75) is 25.8 Å². The van der Waals surface area contributed by atoms with E-state index >= 15 is 0 Å². The van der Waals surface area contributed by atoms with Gasteiger partial charge in [-0.05, 0) is 31.9 Å². The van der Waals surface area contributed by atoms with Crippen LogP contribution in [0.4, 0.5) is 10.5 Å². The van der Waals surface area contributed by atoms with Gasteiger partial charge in [-0.2, -0.15) is 0 Å². The minimum absolute atomic E-state index is 0.217.